The number of nitrogens with one attached hydrogen (secondary N) is 1. The van der Waals surface area contributed by atoms with Crippen molar-refractivity contribution in [3.05, 3.63) is 58.9 Å². The number of anilines is 1. The van der Waals surface area contributed by atoms with E-state index in [1.807, 2.05) is 0 Å². The quantitative estimate of drug-likeness (QED) is 0.906. The van der Waals surface area contributed by atoms with Crippen LogP contribution in [0.5, 0.6) is 0 Å². The highest BCUT2D eigenvalue weighted by Gasteiger charge is 2.13. The predicted molar refractivity (Wildman–Crippen MR) is 74.3 cm³/mol. The number of halogens is 1. The first kappa shape index (κ1) is 13.5. The second kappa shape index (κ2) is 5.82. The first-order valence-electron chi connectivity index (χ1n) is 5.77. The summed E-state index contributed by atoms with van der Waals surface area (Å²) in [6, 6.07) is 8.62. The Kier molecular flexibility index (Phi) is 4.14. The summed E-state index contributed by atoms with van der Waals surface area (Å²) in [6.07, 6.45) is 2.26. The zero-order valence-electron chi connectivity index (χ0n) is 10.3. The Balaban J connectivity index is 2.27. The third-order valence-corrected chi connectivity index (χ3v) is 3.00. The number of hydrogen-bond acceptors (Lipinski definition) is 3. The van der Waals surface area contributed by atoms with Gasteiger partial charge in [0, 0.05) is 23.6 Å². The fourth-order valence-corrected chi connectivity index (χ4v) is 1.90. The van der Waals surface area contributed by atoms with E-state index in [1.165, 1.54) is 12.4 Å². The maximum atomic E-state index is 12.1. The lowest BCUT2D eigenvalue weighted by molar-refractivity contribution is 0.102. The molecule has 0 bridgehead atoms. The van der Waals surface area contributed by atoms with Crippen LogP contribution >= 0.6 is 11.6 Å². The molecule has 0 spiro atoms. The summed E-state index contributed by atoms with van der Waals surface area (Å²) >= 11 is 5.94. The number of amides is 1. The van der Waals surface area contributed by atoms with Gasteiger partial charge in [0.1, 0.15) is 0 Å². The Hall–Kier alpha value is -1.91. The van der Waals surface area contributed by atoms with Gasteiger partial charge in [-0.2, -0.15) is 0 Å². The van der Waals surface area contributed by atoms with Crippen LogP contribution < -0.4 is 5.32 Å². The van der Waals surface area contributed by atoms with Gasteiger partial charge < -0.3 is 10.4 Å². The van der Waals surface area contributed by atoms with E-state index in [0.717, 1.165) is 0 Å². The third-order valence-electron chi connectivity index (χ3n) is 2.67. The van der Waals surface area contributed by atoms with Gasteiger partial charge in [-0.25, -0.2) is 0 Å². The van der Waals surface area contributed by atoms with Gasteiger partial charge in [-0.15, -0.1) is 0 Å². The minimum atomic E-state index is -0.666. The summed E-state index contributed by atoms with van der Waals surface area (Å²) in [4.78, 5) is 16.0. The zero-order chi connectivity index (χ0) is 13.8. The molecule has 0 aliphatic carbocycles. The summed E-state index contributed by atoms with van der Waals surface area (Å²) in [5.41, 5.74) is 1.50. The van der Waals surface area contributed by atoms with Crippen LogP contribution in [0.15, 0.2) is 42.7 Å². The van der Waals surface area contributed by atoms with Crippen LogP contribution in [0, 0.1) is 0 Å². The third kappa shape index (κ3) is 3.10. The second-order valence-corrected chi connectivity index (χ2v) is 4.48. The molecule has 2 N–H and O–H groups in total. The lowest BCUT2D eigenvalue weighted by Gasteiger charge is -2.13. The molecule has 0 aliphatic heterocycles. The first-order valence-corrected chi connectivity index (χ1v) is 6.15. The van der Waals surface area contributed by atoms with Crippen LogP contribution in [-0.4, -0.2) is 16.0 Å². The number of aliphatic hydroxyl groups excluding tert-OH is 1. The van der Waals surface area contributed by atoms with Gasteiger partial charge in [0.05, 0.1) is 16.7 Å². The van der Waals surface area contributed by atoms with Gasteiger partial charge in [-0.3, -0.25) is 9.78 Å². The lowest BCUT2D eigenvalue weighted by atomic mass is 10.1. The number of benzene rings is 1. The maximum Gasteiger partial charge on any atom is 0.258 e. The molecule has 1 unspecified atom stereocenters. The SMILES string of the molecule is CC(O)c1ccccc1NC(=O)c1cnccc1Cl. The number of nitrogens with zero attached hydrogens (tertiary/aromatic N) is 1. The largest absolute Gasteiger partial charge is 0.389 e. The van der Waals surface area contributed by atoms with Gasteiger partial charge in [0.15, 0.2) is 0 Å². The van der Waals surface area contributed by atoms with Crippen molar-refractivity contribution in [3.63, 3.8) is 0 Å². The molecule has 1 aromatic carbocycles. The average molecular weight is 277 g/mol. The van der Waals surface area contributed by atoms with E-state index in [4.69, 9.17) is 11.6 Å². The topological polar surface area (TPSA) is 62.2 Å². The molecule has 0 aliphatic rings. The van der Waals surface area contributed by atoms with E-state index in [1.54, 1.807) is 37.3 Å². The molecule has 98 valence electrons. The van der Waals surface area contributed by atoms with Crippen LogP contribution in [0.2, 0.25) is 5.02 Å². The summed E-state index contributed by atoms with van der Waals surface area (Å²) in [5.74, 6) is -0.355. The molecule has 2 aromatic rings. The van der Waals surface area contributed by atoms with E-state index in [2.05, 4.69) is 10.3 Å². The van der Waals surface area contributed by atoms with Crippen LogP contribution in [0.1, 0.15) is 28.9 Å². The molecule has 2 rings (SSSR count). The van der Waals surface area contributed by atoms with E-state index in [-0.39, 0.29) is 5.91 Å². The first-order chi connectivity index (χ1) is 9.09. The normalized spacial score (nSPS) is 11.9. The number of pyridine rings is 1. The number of rotatable bonds is 3. The Morgan fingerprint density at radius 2 is 2.11 bits per heavy atom. The molecule has 0 saturated carbocycles. The molecular weight excluding hydrogens is 264 g/mol. The van der Waals surface area contributed by atoms with Crippen LogP contribution in [-0.2, 0) is 0 Å². The van der Waals surface area contributed by atoms with Crippen molar-refractivity contribution in [1.82, 2.24) is 4.98 Å². The molecule has 0 radical (unpaired) electrons. The van der Waals surface area contributed by atoms with Crippen molar-refractivity contribution in [2.24, 2.45) is 0 Å². The van der Waals surface area contributed by atoms with Crippen molar-refractivity contribution in [2.45, 2.75) is 13.0 Å². The summed E-state index contributed by atoms with van der Waals surface area (Å²) in [5, 5.41) is 12.7. The Morgan fingerprint density at radius 3 is 2.79 bits per heavy atom. The molecule has 4 nitrogen and oxygen atoms in total. The standard InChI is InChI=1S/C14H13ClN2O2/c1-9(18)10-4-2-3-5-13(10)17-14(19)11-8-16-7-6-12(11)15/h2-9,18H,1H3,(H,17,19). The minimum Gasteiger partial charge on any atom is -0.389 e. The van der Waals surface area contributed by atoms with E-state index >= 15 is 0 Å². The highest BCUT2D eigenvalue weighted by molar-refractivity contribution is 6.34. The molecule has 1 atom stereocenters. The monoisotopic (exact) mass is 276 g/mol. The summed E-state index contributed by atoms with van der Waals surface area (Å²) in [6.45, 7) is 1.64. The van der Waals surface area contributed by atoms with E-state index < -0.39 is 6.10 Å². The smallest absolute Gasteiger partial charge is 0.258 e. The Bertz CT molecular complexity index is 600. The van der Waals surface area contributed by atoms with Gasteiger partial charge in [0.25, 0.3) is 5.91 Å². The van der Waals surface area contributed by atoms with Gasteiger partial charge >= 0.3 is 0 Å². The number of aliphatic hydroxyl groups is 1. The lowest BCUT2D eigenvalue weighted by Crippen LogP contribution is -2.14. The molecule has 19 heavy (non-hydrogen) atoms. The molecular formula is C14H13ClN2O2. The highest BCUT2D eigenvalue weighted by atomic mass is 35.5. The number of hydrogen-bond donors (Lipinski definition) is 2. The van der Waals surface area contributed by atoms with E-state index in [0.29, 0.717) is 21.8 Å². The molecule has 5 heteroatoms. The predicted octanol–water partition coefficient (Wildman–Crippen LogP) is 3.04. The Labute approximate surface area is 116 Å². The molecule has 0 saturated heterocycles. The molecule has 1 aromatic heterocycles. The van der Waals surface area contributed by atoms with Crippen molar-refractivity contribution in [3.8, 4) is 0 Å². The van der Waals surface area contributed by atoms with Gasteiger partial charge in [-0.05, 0) is 19.1 Å². The van der Waals surface area contributed by atoms with Gasteiger partial charge in [0.2, 0.25) is 0 Å². The molecule has 0 fully saturated rings. The van der Waals surface area contributed by atoms with Crippen molar-refractivity contribution < 1.29 is 9.90 Å². The molecule has 1 heterocycles. The number of carbonyl (C=O) groups excluding carboxylic acids is 1. The van der Waals surface area contributed by atoms with Gasteiger partial charge in [-0.1, -0.05) is 29.8 Å². The number of aromatic nitrogens is 1. The zero-order valence-corrected chi connectivity index (χ0v) is 11.1. The minimum absolute atomic E-state index is 0.296. The van der Waals surface area contributed by atoms with Crippen molar-refractivity contribution in [2.75, 3.05) is 5.32 Å². The number of carbonyl (C=O) groups is 1. The maximum absolute atomic E-state index is 12.1. The summed E-state index contributed by atoms with van der Waals surface area (Å²) < 4.78 is 0. The Morgan fingerprint density at radius 1 is 1.37 bits per heavy atom. The van der Waals surface area contributed by atoms with Crippen LogP contribution in [0.3, 0.4) is 0 Å². The fourth-order valence-electron chi connectivity index (χ4n) is 1.71. The highest BCUT2D eigenvalue weighted by Crippen LogP contribution is 2.23. The number of para-hydroxylation sites is 1. The van der Waals surface area contributed by atoms with Crippen molar-refractivity contribution >= 4 is 23.2 Å². The van der Waals surface area contributed by atoms with Crippen LogP contribution in [0.4, 0.5) is 5.69 Å². The fraction of sp³-hybridized carbons (Fsp3) is 0.143. The second-order valence-electron chi connectivity index (χ2n) is 4.07. The summed E-state index contributed by atoms with van der Waals surface area (Å²) in [7, 11) is 0. The molecule has 1 amide bonds. The van der Waals surface area contributed by atoms with Crippen LogP contribution in [0.25, 0.3) is 0 Å². The van der Waals surface area contributed by atoms with Crippen molar-refractivity contribution in [1.29, 1.82) is 0 Å². The average Bonchev–Trinajstić information content (AvgIpc) is 2.39. The van der Waals surface area contributed by atoms with E-state index in [9.17, 15) is 9.90 Å².